The van der Waals surface area contributed by atoms with Crippen molar-refractivity contribution >= 4 is 0 Å². The lowest BCUT2D eigenvalue weighted by atomic mass is 10.2. The van der Waals surface area contributed by atoms with Gasteiger partial charge in [-0.1, -0.05) is 20.8 Å². The summed E-state index contributed by atoms with van der Waals surface area (Å²) in [4.78, 5) is 2.54. The number of hydrogen-bond acceptors (Lipinski definition) is 2. The summed E-state index contributed by atoms with van der Waals surface area (Å²) in [6.45, 7) is 12.8. The summed E-state index contributed by atoms with van der Waals surface area (Å²) >= 11 is 0. The van der Waals surface area contributed by atoms with Crippen LogP contribution in [-0.4, -0.2) is 37.6 Å². The molecule has 0 aromatic carbocycles. The van der Waals surface area contributed by atoms with Crippen molar-refractivity contribution in [3.63, 3.8) is 0 Å². The Morgan fingerprint density at radius 3 is 2.21 bits per heavy atom. The van der Waals surface area contributed by atoms with Crippen molar-refractivity contribution in [1.29, 1.82) is 0 Å². The maximum Gasteiger partial charge on any atom is -0.00184 e. The van der Waals surface area contributed by atoms with E-state index < -0.39 is 0 Å². The van der Waals surface area contributed by atoms with Gasteiger partial charge in [-0.3, -0.25) is 0 Å². The Labute approximate surface area is 90.1 Å². The van der Waals surface area contributed by atoms with Crippen LogP contribution in [0.1, 0.15) is 46.5 Å². The van der Waals surface area contributed by atoms with Crippen molar-refractivity contribution in [3.8, 4) is 0 Å². The van der Waals surface area contributed by atoms with Crippen LogP contribution in [0.2, 0.25) is 0 Å². The zero-order valence-electron chi connectivity index (χ0n) is 10.3. The van der Waals surface area contributed by atoms with Crippen LogP contribution < -0.4 is 5.32 Å². The highest BCUT2D eigenvalue weighted by Gasteiger charge is 1.99. The normalized spacial score (nSPS) is 11.1. The first-order valence-corrected chi connectivity index (χ1v) is 6.28. The lowest BCUT2D eigenvalue weighted by molar-refractivity contribution is 0.282. The SMILES string of the molecule is CCCNCCCCN(CC)CCC. The van der Waals surface area contributed by atoms with E-state index in [1.54, 1.807) is 0 Å². The van der Waals surface area contributed by atoms with E-state index in [9.17, 15) is 0 Å². The zero-order chi connectivity index (χ0) is 10.6. The Morgan fingerprint density at radius 2 is 1.64 bits per heavy atom. The molecule has 0 unspecified atom stereocenters. The molecule has 0 spiro atoms. The summed E-state index contributed by atoms with van der Waals surface area (Å²) in [5.74, 6) is 0. The second kappa shape index (κ2) is 11.0. The van der Waals surface area contributed by atoms with E-state index in [0.717, 1.165) is 0 Å². The van der Waals surface area contributed by atoms with Gasteiger partial charge in [0.05, 0.1) is 0 Å². The van der Waals surface area contributed by atoms with Crippen molar-refractivity contribution in [3.05, 3.63) is 0 Å². The lowest BCUT2D eigenvalue weighted by Crippen LogP contribution is -2.26. The lowest BCUT2D eigenvalue weighted by Gasteiger charge is -2.19. The first kappa shape index (κ1) is 13.9. The molecule has 86 valence electrons. The van der Waals surface area contributed by atoms with Crippen LogP contribution in [0.3, 0.4) is 0 Å². The maximum absolute atomic E-state index is 3.44. The molecule has 0 amide bonds. The number of nitrogens with zero attached hydrogens (tertiary/aromatic N) is 1. The van der Waals surface area contributed by atoms with E-state index in [0.29, 0.717) is 0 Å². The second-order valence-electron chi connectivity index (χ2n) is 3.89. The second-order valence-corrected chi connectivity index (χ2v) is 3.89. The first-order valence-electron chi connectivity index (χ1n) is 6.28. The van der Waals surface area contributed by atoms with Crippen LogP contribution in [-0.2, 0) is 0 Å². The Kier molecular flexibility index (Phi) is 10.9. The topological polar surface area (TPSA) is 15.3 Å². The van der Waals surface area contributed by atoms with Gasteiger partial charge in [0.1, 0.15) is 0 Å². The molecule has 0 saturated carbocycles. The van der Waals surface area contributed by atoms with Gasteiger partial charge >= 0.3 is 0 Å². The summed E-state index contributed by atoms with van der Waals surface area (Å²) in [5.41, 5.74) is 0. The minimum absolute atomic E-state index is 1.17. The van der Waals surface area contributed by atoms with Crippen molar-refractivity contribution in [2.24, 2.45) is 0 Å². The van der Waals surface area contributed by atoms with Gasteiger partial charge in [0.2, 0.25) is 0 Å². The fraction of sp³-hybridized carbons (Fsp3) is 1.00. The molecule has 0 bridgehead atoms. The largest absolute Gasteiger partial charge is 0.317 e. The third kappa shape index (κ3) is 8.52. The van der Waals surface area contributed by atoms with E-state index in [1.165, 1.54) is 58.4 Å². The van der Waals surface area contributed by atoms with Gasteiger partial charge in [0, 0.05) is 0 Å². The van der Waals surface area contributed by atoms with E-state index in [2.05, 4.69) is 31.0 Å². The standard InChI is InChI=1S/C12H28N2/c1-4-9-13-10-7-8-12-14(6-3)11-5-2/h13H,4-12H2,1-3H3. The summed E-state index contributed by atoms with van der Waals surface area (Å²) in [7, 11) is 0. The van der Waals surface area contributed by atoms with Crippen LogP contribution in [0.5, 0.6) is 0 Å². The minimum Gasteiger partial charge on any atom is -0.317 e. The van der Waals surface area contributed by atoms with Crippen LogP contribution in [0.25, 0.3) is 0 Å². The monoisotopic (exact) mass is 200 g/mol. The third-order valence-corrected chi connectivity index (χ3v) is 2.49. The molecule has 0 aromatic heterocycles. The summed E-state index contributed by atoms with van der Waals surface area (Å²) in [6.07, 6.45) is 5.18. The molecule has 0 saturated heterocycles. The fourth-order valence-electron chi connectivity index (χ4n) is 1.63. The zero-order valence-corrected chi connectivity index (χ0v) is 10.3. The van der Waals surface area contributed by atoms with Crippen LogP contribution in [0.4, 0.5) is 0 Å². The predicted molar refractivity (Wildman–Crippen MR) is 64.8 cm³/mol. The van der Waals surface area contributed by atoms with Crippen molar-refractivity contribution in [1.82, 2.24) is 10.2 Å². The van der Waals surface area contributed by atoms with Gasteiger partial charge < -0.3 is 10.2 Å². The van der Waals surface area contributed by atoms with Gasteiger partial charge in [-0.25, -0.2) is 0 Å². The van der Waals surface area contributed by atoms with Gasteiger partial charge in [0.25, 0.3) is 0 Å². The highest BCUT2D eigenvalue weighted by Crippen LogP contribution is 1.96. The summed E-state index contributed by atoms with van der Waals surface area (Å²) in [6, 6.07) is 0. The number of rotatable bonds is 10. The smallest absolute Gasteiger partial charge is 0.00184 e. The molecule has 14 heavy (non-hydrogen) atoms. The molecule has 2 nitrogen and oxygen atoms in total. The van der Waals surface area contributed by atoms with Gasteiger partial charge in [-0.05, 0) is 58.4 Å². The predicted octanol–water partition coefficient (Wildman–Crippen LogP) is 2.50. The Morgan fingerprint density at radius 1 is 0.857 bits per heavy atom. The highest BCUT2D eigenvalue weighted by atomic mass is 15.1. The quantitative estimate of drug-likeness (QED) is 0.545. The molecular weight excluding hydrogens is 172 g/mol. The van der Waals surface area contributed by atoms with Crippen LogP contribution >= 0.6 is 0 Å². The number of unbranched alkanes of at least 4 members (excludes halogenated alkanes) is 1. The highest BCUT2D eigenvalue weighted by molar-refractivity contribution is 4.55. The Hall–Kier alpha value is -0.0800. The fourth-order valence-corrected chi connectivity index (χ4v) is 1.63. The molecule has 0 radical (unpaired) electrons. The average molecular weight is 200 g/mol. The van der Waals surface area contributed by atoms with Crippen molar-refractivity contribution in [2.75, 3.05) is 32.7 Å². The number of hydrogen-bond donors (Lipinski definition) is 1. The number of nitrogens with one attached hydrogen (secondary N) is 1. The van der Waals surface area contributed by atoms with Crippen LogP contribution in [0, 0.1) is 0 Å². The third-order valence-electron chi connectivity index (χ3n) is 2.49. The van der Waals surface area contributed by atoms with Gasteiger partial charge in [-0.2, -0.15) is 0 Å². The van der Waals surface area contributed by atoms with E-state index >= 15 is 0 Å². The van der Waals surface area contributed by atoms with Gasteiger partial charge in [-0.15, -0.1) is 0 Å². The van der Waals surface area contributed by atoms with E-state index in [4.69, 9.17) is 0 Å². The molecule has 0 aliphatic rings. The molecular formula is C12H28N2. The molecule has 0 heterocycles. The Balaban J connectivity index is 3.15. The average Bonchev–Trinajstić information content (AvgIpc) is 2.21. The molecule has 1 N–H and O–H groups in total. The molecule has 0 rings (SSSR count). The summed E-state index contributed by atoms with van der Waals surface area (Å²) < 4.78 is 0. The minimum atomic E-state index is 1.17. The summed E-state index contributed by atoms with van der Waals surface area (Å²) in [5, 5.41) is 3.44. The van der Waals surface area contributed by atoms with E-state index in [1.807, 2.05) is 0 Å². The molecule has 0 fully saturated rings. The molecule has 0 aliphatic heterocycles. The van der Waals surface area contributed by atoms with Crippen molar-refractivity contribution in [2.45, 2.75) is 46.5 Å². The molecule has 2 heteroatoms. The van der Waals surface area contributed by atoms with Crippen LogP contribution in [0.15, 0.2) is 0 Å². The Bertz CT molecular complexity index is 104. The van der Waals surface area contributed by atoms with Gasteiger partial charge in [0.15, 0.2) is 0 Å². The molecule has 0 aromatic rings. The van der Waals surface area contributed by atoms with Crippen molar-refractivity contribution < 1.29 is 0 Å². The molecule has 0 aliphatic carbocycles. The maximum atomic E-state index is 3.44. The van der Waals surface area contributed by atoms with E-state index in [-0.39, 0.29) is 0 Å². The first-order chi connectivity index (χ1) is 6.85. The molecule has 0 atom stereocenters.